The molecular formula is C28H31ClN6O. The quantitative estimate of drug-likeness (QED) is 0.248. The Morgan fingerprint density at radius 1 is 1.03 bits per heavy atom. The Balaban J connectivity index is 1.53. The summed E-state index contributed by atoms with van der Waals surface area (Å²) in [5, 5.41) is 7.91. The molecule has 0 aliphatic heterocycles. The molecule has 0 saturated heterocycles. The summed E-state index contributed by atoms with van der Waals surface area (Å²) in [6, 6.07) is 17.1. The van der Waals surface area contributed by atoms with E-state index in [0.717, 1.165) is 59.2 Å². The number of nitrogens with one attached hydrogen (secondary N) is 2. The van der Waals surface area contributed by atoms with Crippen molar-refractivity contribution in [1.82, 2.24) is 14.9 Å². The molecule has 186 valence electrons. The number of benzene rings is 3. The maximum Gasteiger partial charge on any atom is 0.255 e. The Kier molecular flexibility index (Phi) is 8.03. The third-order valence-corrected chi connectivity index (χ3v) is 6.22. The van der Waals surface area contributed by atoms with Gasteiger partial charge in [-0.15, -0.1) is 0 Å². The molecule has 0 bridgehead atoms. The standard InChI is InChI=1S/C28H31ClN6O/c1-18-6-7-20(15-23(18)19-8-10-24-21(14-19)17-32-28(30)34-24)27(36)33-26-16-22(29)9-11-25(26)31-12-4-5-13-35(2)3/h6-11,14-17,31H,4-5,12-13H2,1-3H3,(H,33,36)(H2,30,32,34). The molecule has 3 aromatic carbocycles. The van der Waals surface area contributed by atoms with Gasteiger partial charge < -0.3 is 21.3 Å². The summed E-state index contributed by atoms with van der Waals surface area (Å²) in [5.74, 6) is 0.0413. The largest absolute Gasteiger partial charge is 0.383 e. The third kappa shape index (κ3) is 6.30. The smallest absolute Gasteiger partial charge is 0.255 e. The van der Waals surface area contributed by atoms with Crippen molar-refractivity contribution in [1.29, 1.82) is 0 Å². The van der Waals surface area contributed by atoms with Crippen molar-refractivity contribution in [2.24, 2.45) is 0 Å². The Labute approximate surface area is 216 Å². The lowest BCUT2D eigenvalue weighted by Crippen LogP contribution is -2.16. The van der Waals surface area contributed by atoms with Gasteiger partial charge in [0.1, 0.15) is 0 Å². The van der Waals surface area contributed by atoms with Crippen LogP contribution in [0, 0.1) is 6.92 Å². The zero-order chi connectivity index (χ0) is 25.7. The molecule has 0 aliphatic rings. The molecule has 0 fully saturated rings. The maximum absolute atomic E-state index is 13.3. The fourth-order valence-electron chi connectivity index (χ4n) is 4.03. The summed E-state index contributed by atoms with van der Waals surface area (Å²) >= 11 is 6.25. The number of aryl methyl sites for hydroxylation is 1. The zero-order valence-corrected chi connectivity index (χ0v) is 21.6. The van der Waals surface area contributed by atoms with Gasteiger partial charge in [-0.1, -0.05) is 23.7 Å². The first-order chi connectivity index (χ1) is 17.3. The van der Waals surface area contributed by atoms with Gasteiger partial charge in [0, 0.05) is 28.7 Å². The van der Waals surface area contributed by atoms with Crippen molar-refractivity contribution in [2.45, 2.75) is 19.8 Å². The van der Waals surface area contributed by atoms with Gasteiger partial charge in [-0.2, -0.15) is 0 Å². The highest BCUT2D eigenvalue weighted by atomic mass is 35.5. The number of carbonyl (C=O) groups excluding carboxylic acids is 1. The first kappa shape index (κ1) is 25.4. The predicted octanol–water partition coefficient (Wildman–Crippen LogP) is 5.85. The number of rotatable bonds is 9. The number of hydrogen-bond acceptors (Lipinski definition) is 6. The molecule has 4 N–H and O–H groups in total. The van der Waals surface area contributed by atoms with E-state index in [1.165, 1.54) is 0 Å². The minimum atomic E-state index is -0.203. The first-order valence-electron chi connectivity index (χ1n) is 11.9. The molecule has 0 atom stereocenters. The van der Waals surface area contributed by atoms with E-state index < -0.39 is 0 Å². The van der Waals surface area contributed by atoms with Crippen LogP contribution in [0.3, 0.4) is 0 Å². The maximum atomic E-state index is 13.3. The van der Waals surface area contributed by atoms with E-state index in [-0.39, 0.29) is 11.9 Å². The topological polar surface area (TPSA) is 96.2 Å². The summed E-state index contributed by atoms with van der Waals surface area (Å²) in [4.78, 5) is 23.8. The Bertz CT molecular complexity index is 1390. The molecule has 0 saturated carbocycles. The summed E-state index contributed by atoms with van der Waals surface area (Å²) < 4.78 is 0. The fourth-order valence-corrected chi connectivity index (χ4v) is 4.21. The number of nitrogen functional groups attached to an aromatic ring is 1. The number of nitrogens with zero attached hydrogens (tertiary/aromatic N) is 3. The highest BCUT2D eigenvalue weighted by Crippen LogP contribution is 2.30. The second kappa shape index (κ2) is 11.4. The first-order valence-corrected chi connectivity index (χ1v) is 12.3. The van der Waals surface area contributed by atoms with E-state index in [0.29, 0.717) is 16.3 Å². The number of hydrogen-bond donors (Lipinski definition) is 3. The van der Waals surface area contributed by atoms with Gasteiger partial charge in [0.25, 0.3) is 5.91 Å². The minimum Gasteiger partial charge on any atom is -0.383 e. The number of carbonyl (C=O) groups is 1. The molecule has 4 rings (SSSR count). The third-order valence-electron chi connectivity index (χ3n) is 5.99. The minimum absolute atomic E-state index is 0.203. The number of unbranched alkanes of at least 4 members (excludes halogenated alkanes) is 1. The molecule has 1 amide bonds. The van der Waals surface area contributed by atoms with Crippen molar-refractivity contribution >= 4 is 45.7 Å². The van der Waals surface area contributed by atoms with Crippen LogP contribution in [0.5, 0.6) is 0 Å². The fraction of sp³-hybridized carbons (Fsp3) is 0.250. The predicted molar refractivity (Wildman–Crippen MR) is 150 cm³/mol. The monoisotopic (exact) mass is 502 g/mol. The van der Waals surface area contributed by atoms with Gasteiger partial charge in [0.05, 0.1) is 16.9 Å². The van der Waals surface area contributed by atoms with E-state index in [4.69, 9.17) is 17.3 Å². The van der Waals surface area contributed by atoms with Crippen LogP contribution in [-0.4, -0.2) is 48.0 Å². The zero-order valence-electron chi connectivity index (χ0n) is 20.8. The highest BCUT2D eigenvalue weighted by molar-refractivity contribution is 6.31. The number of anilines is 3. The Morgan fingerprint density at radius 2 is 1.86 bits per heavy atom. The van der Waals surface area contributed by atoms with Crippen LogP contribution in [0.1, 0.15) is 28.8 Å². The van der Waals surface area contributed by atoms with Crippen molar-refractivity contribution in [3.8, 4) is 11.1 Å². The number of halogens is 1. The van der Waals surface area contributed by atoms with Crippen molar-refractivity contribution in [2.75, 3.05) is 43.6 Å². The summed E-state index contributed by atoms with van der Waals surface area (Å²) in [7, 11) is 4.14. The molecule has 7 nitrogen and oxygen atoms in total. The van der Waals surface area contributed by atoms with Crippen LogP contribution in [-0.2, 0) is 0 Å². The lowest BCUT2D eigenvalue weighted by molar-refractivity contribution is 0.102. The average Bonchev–Trinajstić information content (AvgIpc) is 2.84. The highest BCUT2D eigenvalue weighted by Gasteiger charge is 2.13. The second-order valence-corrected chi connectivity index (χ2v) is 9.55. The molecule has 0 spiro atoms. The number of amides is 1. The molecule has 1 aromatic heterocycles. The summed E-state index contributed by atoms with van der Waals surface area (Å²) in [6.45, 7) is 3.88. The molecule has 36 heavy (non-hydrogen) atoms. The SMILES string of the molecule is Cc1ccc(C(=O)Nc2cc(Cl)ccc2NCCCCN(C)C)cc1-c1ccc2nc(N)ncc2c1. The van der Waals surface area contributed by atoms with E-state index >= 15 is 0 Å². The molecule has 0 radical (unpaired) electrons. The number of fused-ring (bicyclic) bond motifs is 1. The Morgan fingerprint density at radius 3 is 2.67 bits per heavy atom. The molecule has 1 heterocycles. The van der Waals surface area contributed by atoms with Gasteiger partial charge >= 0.3 is 0 Å². The van der Waals surface area contributed by atoms with Crippen LogP contribution in [0.2, 0.25) is 5.02 Å². The number of aromatic nitrogens is 2. The number of nitrogens with two attached hydrogens (primary N) is 1. The molecule has 0 aliphatic carbocycles. The van der Waals surface area contributed by atoms with Crippen LogP contribution >= 0.6 is 11.6 Å². The van der Waals surface area contributed by atoms with Crippen LogP contribution < -0.4 is 16.4 Å². The van der Waals surface area contributed by atoms with E-state index in [9.17, 15) is 4.79 Å². The summed E-state index contributed by atoms with van der Waals surface area (Å²) in [6.07, 6.45) is 3.83. The van der Waals surface area contributed by atoms with Crippen LogP contribution in [0.25, 0.3) is 22.0 Å². The second-order valence-electron chi connectivity index (χ2n) is 9.11. The molecule has 4 aromatic rings. The molecule has 0 unspecified atom stereocenters. The molecular weight excluding hydrogens is 472 g/mol. The van der Waals surface area contributed by atoms with E-state index in [2.05, 4.69) is 39.6 Å². The lowest BCUT2D eigenvalue weighted by Gasteiger charge is -2.15. The van der Waals surface area contributed by atoms with Crippen molar-refractivity contribution < 1.29 is 4.79 Å². The average molecular weight is 503 g/mol. The summed E-state index contributed by atoms with van der Waals surface area (Å²) in [5.41, 5.74) is 11.5. The van der Waals surface area contributed by atoms with Crippen molar-refractivity contribution in [3.05, 3.63) is 76.9 Å². The van der Waals surface area contributed by atoms with Gasteiger partial charge in [0.2, 0.25) is 5.95 Å². The Hall–Kier alpha value is -3.68. The van der Waals surface area contributed by atoms with E-state index in [1.54, 1.807) is 12.3 Å². The van der Waals surface area contributed by atoms with Gasteiger partial charge in [0.15, 0.2) is 0 Å². The normalized spacial score (nSPS) is 11.1. The van der Waals surface area contributed by atoms with Crippen LogP contribution in [0.4, 0.5) is 17.3 Å². The van der Waals surface area contributed by atoms with Crippen molar-refractivity contribution in [3.63, 3.8) is 0 Å². The molecule has 8 heteroatoms. The van der Waals surface area contributed by atoms with Gasteiger partial charge in [-0.05, 0) is 99.6 Å². The van der Waals surface area contributed by atoms with Gasteiger partial charge in [-0.25, -0.2) is 9.97 Å². The van der Waals surface area contributed by atoms with E-state index in [1.807, 2.05) is 55.5 Å². The van der Waals surface area contributed by atoms with Crippen LogP contribution in [0.15, 0.2) is 60.8 Å². The van der Waals surface area contributed by atoms with Gasteiger partial charge in [-0.3, -0.25) is 4.79 Å². The lowest BCUT2D eigenvalue weighted by atomic mass is 9.97.